The second-order valence-electron chi connectivity index (χ2n) is 6.40. The summed E-state index contributed by atoms with van der Waals surface area (Å²) < 4.78 is 5.45. The van der Waals surface area contributed by atoms with Crippen LogP contribution in [0.25, 0.3) is 0 Å². The quantitative estimate of drug-likeness (QED) is 0.629. The summed E-state index contributed by atoms with van der Waals surface area (Å²) in [5.74, 6) is -2.17. The maximum absolute atomic E-state index is 12.5. The molecule has 154 valence electrons. The summed E-state index contributed by atoms with van der Waals surface area (Å²) >= 11 is 11.8. The number of halogens is 2. The number of carbonyl (C=O) groups excluding carboxylic acids is 2. The molecule has 3 rings (SSSR count). The minimum absolute atomic E-state index is 0.0401. The van der Waals surface area contributed by atoms with Crippen LogP contribution in [0.2, 0.25) is 10.0 Å². The average Bonchev–Trinajstić information content (AvgIpc) is 2.70. The molecule has 1 fully saturated rings. The van der Waals surface area contributed by atoms with Gasteiger partial charge in [0.2, 0.25) is 0 Å². The largest absolute Gasteiger partial charge is 0.504 e. The van der Waals surface area contributed by atoms with Gasteiger partial charge in [0.15, 0.2) is 23.9 Å². The van der Waals surface area contributed by atoms with Gasteiger partial charge in [-0.1, -0.05) is 23.2 Å². The monoisotopic (exact) mass is 440 g/mol. The third kappa shape index (κ3) is 4.78. The van der Waals surface area contributed by atoms with E-state index in [-0.39, 0.29) is 31.2 Å². The Morgan fingerprint density at radius 2 is 1.52 bits per heavy atom. The fourth-order valence-corrected chi connectivity index (χ4v) is 3.36. The van der Waals surface area contributed by atoms with Gasteiger partial charge in [0.1, 0.15) is 5.75 Å². The van der Waals surface area contributed by atoms with Crippen LogP contribution in [0.4, 0.5) is 0 Å². The van der Waals surface area contributed by atoms with E-state index in [9.17, 15) is 24.9 Å². The molecule has 0 unspecified atom stereocenters. The molecule has 1 aliphatic heterocycles. The van der Waals surface area contributed by atoms with Crippen LogP contribution < -0.4 is 4.74 Å². The van der Waals surface area contributed by atoms with E-state index in [0.717, 1.165) is 12.1 Å². The van der Waals surface area contributed by atoms with Gasteiger partial charge in [-0.05, 0) is 30.3 Å². The van der Waals surface area contributed by atoms with Crippen LogP contribution in [0.1, 0.15) is 10.4 Å². The van der Waals surface area contributed by atoms with Gasteiger partial charge in [-0.2, -0.15) is 0 Å². The molecule has 0 spiro atoms. The van der Waals surface area contributed by atoms with Crippen molar-refractivity contribution in [1.29, 1.82) is 0 Å². The molecule has 0 radical (unpaired) electrons. The van der Waals surface area contributed by atoms with Crippen molar-refractivity contribution in [2.45, 2.75) is 0 Å². The summed E-state index contributed by atoms with van der Waals surface area (Å²) in [5.41, 5.74) is 0.0401. The molecule has 1 aliphatic rings. The smallest absolute Gasteiger partial charge is 0.260 e. The van der Waals surface area contributed by atoms with Crippen molar-refractivity contribution in [3.8, 4) is 23.0 Å². The predicted octanol–water partition coefficient (Wildman–Crippen LogP) is 2.47. The third-order valence-corrected chi connectivity index (χ3v) is 5.01. The number of hydrogen-bond donors (Lipinski definition) is 3. The van der Waals surface area contributed by atoms with Crippen molar-refractivity contribution in [1.82, 2.24) is 9.80 Å². The maximum atomic E-state index is 12.5. The van der Waals surface area contributed by atoms with Crippen LogP contribution in [-0.2, 0) is 4.79 Å². The lowest BCUT2D eigenvalue weighted by Gasteiger charge is -2.34. The summed E-state index contributed by atoms with van der Waals surface area (Å²) in [4.78, 5) is 28.0. The fourth-order valence-electron chi connectivity index (χ4n) is 2.89. The molecule has 0 aliphatic carbocycles. The first-order valence-corrected chi connectivity index (χ1v) is 9.41. The third-order valence-electron chi connectivity index (χ3n) is 4.48. The molecule has 1 saturated heterocycles. The van der Waals surface area contributed by atoms with E-state index in [1.807, 2.05) is 0 Å². The van der Waals surface area contributed by atoms with Crippen molar-refractivity contribution in [2.75, 3.05) is 32.8 Å². The van der Waals surface area contributed by atoms with Crippen molar-refractivity contribution in [3.63, 3.8) is 0 Å². The molecule has 2 aromatic rings. The summed E-state index contributed by atoms with van der Waals surface area (Å²) in [5, 5.41) is 29.3. The van der Waals surface area contributed by atoms with E-state index in [1.54, 1.807) is 17.0 Å². The Balaban J connectivity index is 1.54. The first kappa shape index (κ1) is 20.9. The molecule has 0 atom stereocenters. The number of phenols is 3. The van der Waals surface area contributed by atoms with E-state index in [2.05, 4.69) is 0 Å². The zero-order chi connectivity index (χ0) is 21.1. The Morgan fingerprint density at radius 1 is 0.931 bits per heavy atom. The molecule has 29 heavy (non-hydrogen) atoms. The molecule has 0 aromatic heterocycles. The standard InChI is InChI=1S/C19H18Cl2N2O6/c20-12-1-2-16(13(21)9-12)29-10-17(26)22-3-5-23(6-4-22)19(28)11-7-14(24)18(27)15(25)8-11/h1-2,7-9,24-25,27H,3-6,10H2. The van der Waals surface area contributed by atoms with Gasteiger partial charge in [0.25, 0.3) is 11.8 Å². The number of rotatable bonds is 4. The minimum atomic E-state index is -0.683. The predicted molar refractivity (Wildman–Crippen MR) is 106 cm³/mol. The molecule has 10 heteroatoms. The number of amides is 2. The Bertz CT molecular complexity index is 921. The molecular formula is C19H18Cl2N2O6. The Morgan fingerprint density at radius 3 is 2.10 bits per heavy atom. The lowest BCUT2D eigenvalue weighted by molar-refractivity contribution is -0.134. The van der Waals surface area contributed by atoms with E-state index in [4.69, 9.17) is 27.9 Å². The number of piperazine rings is 1. The SMILES string of the molecule is O=C(COc1ccc(Cl)cc1Cl)N1CCN(C(=O)c2cc(O)c(O)c(O)c2)CC1. The maximum Gasteiger partial charge on any atom is 0.260 e. The number of ether oxygens (including phenoxy) is 1. The number of aromatic hydroxyl groups is 3. The molecule has 8 nitrogen and oxygen atoms in total. The summed E-state index contributed by atoms with van der Waals surface area (Å²) in [7, 11) is 0. The van der Waals surface area contributed by atoms with Gasteiger partial charge in [-0.15, -0.1) is 0 Å². The van der Waals surface area contributed by atoms with Crippen LogP contribution in [-0.4, -0.2) is 69.7 Å². The number of nitrogens with zero attached hydrogens (tertiary/aromatic N) is 2. The highest BCUT2D eigenvalue weighted by molar-refractivity contribution is 6.35. The van der Waals surface area contributed by atoms with Crippen LogP contribution in [0, 0.1) is 0 Å². The van der Waals surface area contributed by atoms with Gasteiger partial charge >= 0.3 is 0 Å². The summed E-state index contributed by atoms with van der Waals surface area (Å²) in [6.45, 7) is 0.953. The lowest BCUT2D eigenvalue weighted by atomic mass is 10.1. The van der Waals surface area contributed by atoms with E-state index in [1.165, 1.54) is 11.0 Å². The second-order valence-corrected chi connectivity index (χ2v) is 7.24. The van der Waals surface area contributed by atoms with Crippen LogP contribution >= 0.6 is 23.2 Å². The number of benzene rings is 2. The molecule has 2 amide bonds. The second kappa shape index (κ2) is 8.67. The van der Waals surface area contributed by atoms with E-state index in [0.29, 0.717) is 28.9 Å². The molecule has 2 aromatic carbocycles. The number of carbonyl (C=O) groups is 2. The van der Waals surface area contributed by atoms with Gasteiger partial charge in [-0.3, -0.25) is 9.59 Å². The van der Waals surface area contributed by atoms with Crippen molar-refractivity contribution in [2.24, 2.45) is 0 Å². The Kier molecular flexibility index (Phi) is 6.24. The zero-order valence-electron chi connectivity index (χ0n) is 15.1. The highest BCUT2D eigenvalue weighted by Gasteiger charge is 2.26. The highest BCUT2D eigenvalue weighted by Crippen LogP contribution is 2.35. The summed E-state index contributed by atoms with van der Waals surface area (Å²) in [6, 6.07) is 6.87. The van der Waals surface area contributed by atoms with Gasteiger partial charge in [0, 0.05) is 36.8 Å². The Hall–Kier alpha value is -2.84. The Labute approximate surface area is 176 Å². The van der Waals surface area contributed by atoms with Gasteiger partial charge in [-0.25, -0.2) is 0 Å². The lowest BCUT2D eigenvalue weighted by Crippen LogP contribution is -2.51. The molecule has 3 N–H and O–H groups in total. The van der Waals surface area contributed by atoms with E-state index >= 15 is 0 Å². The number of hydrogen-bond acceptors (Lipinski definition) is 6. The molecule has 1 heterocycles. The molecule has 0 bridgehead atoms. The van der Waals surface area contributed by atoms with Gasteiger partial charge < -0.3 is 29.9 Å². The topological polar surface area (TPSA) is 111 Å². The van der Waals surface area contributed by atoms with Crippen molar-refractivity contribution < 1.29 is 29.6 Å². The molecule has 0 saturated carbocycles. The molecular weight excluding hydrogens is 423 g/mol. The van der Waals surface area contributed by atoms with Crippen molar-refractivity contribution in [3.05, 3.63) is 45.9 Å². The van der Waals surface area contributed by atoms with E-state index < -0.39 is 23.2 Å². The summed E-state index contributed by atoms with van der Waals surface area (Å²) in [6.07, 6.45) is 0. The van der Waals surface area contributed by atoms with Crippen LogP contribution in [0.5, 0.6) is 23.0 Å². The zero-order valence-corrected chi connectivity index (χ0v) is 16.7. The van der Waals surface area contributed by atoms with Crippen LogP contribution in [0.3, 0.4) is 0 Å². The highest BCUT2D eigenvalue weighted by atomic mass is 35.5. The first-order valence-electron chi connectivity index (χ1n) is 8.66. The normalized spacial score (nSPS) is 14.0. The van der Waals surface area contributed by atoms with Crippen molar-refractivity contribution >= 4 is 35.0 Å². The van der Waals surface area contributed by atoms with Gasteiger partial charge in [0.05, 0.1) is 5.02 Å². The number of phenolic OH excluding ortho intramolecular Hbond substituents is 3. The minimum Gasteiger partial charge on any atom is -0.504 e. The average molecular weight is 441 g/mol. The first-order chi connectivity index (χ1) is 13.8. The fraction of sp³-hybridized carbons (Fsp3) is 0.263. The van der Waals surface area contributed by atoms with Crippen LogP contribution in [0.15, 0.2) is 30.3 Å².